The lowest BCUT2D eigenvalue weighted by Gasteiger charge is -2.33. The molecule has 0 aromatic carbocycles. The third-order valence-corrected chi connectivity index (χ3v) is 4.90. The van der Waals surface area contributed by atoms with Crippen molar-refractivity contribution in [3.63, 3.8) is 0 Å². The number of alkyl halides is 1. The summed E-state index contributed by atoms with van der Waals surface area (Å²) in [5, 5.41) is 10.7. The van der Waals surface area contributed by atoms with Crippen molar-refractivity contribution in [2.75, 3.05) is 0 Å². The topological polar surface area (TPSA) is 20.2 Å². The molecule has 0 aromatic rings. The van der Waals surface area contributed by atoms with Crippen molar-refractivity contribution in [3.8, 4) is 0 Å². The first-order valence-electron chi connectivity index (χ1n) is 8.35. The molecule has 3 atom stereocenters. The lowest BCUT2D eigenvalue weighted by atomic mass is 9.84. The molecule has 0 rings (SSSR count). The van der Waals surface area contributed by atoms with Crippen molar-refractivity contribution < 1.29 is 5.11 Å². The number of rotatable bonds is 11. The quantitative estimate of drug-likeness (QED) is 0.362. The molecule has 0 aliphatic carbocycles. The maximum Gasteiger partial charge on any atom is 0.0810 e. The van der Waals surface area contributed by atoms with Gasteiger partial charge in [0.05, 0.1) is 11.0 Å². The van der Waals surface area contributed by atoms with Gasteiger partial charge in [-0.15, -0.1) is 11.6 Å². The van der Waals surface area contributed by atoms with Gasteiger partial charge in [0.15, 0.2) is 0 Å². The lowest BCUT2D eigenvalue weighted by Crippen LogP contribution is -2.39. The third kappa shape index (κ3) is 8.32. The number of hydrogen-bond donors (Lipinski definition) is 1. The van der Waals surface area contributed by atoms with Crippen LogP contribution in [0.25, 0.3) is 0 Å². The number of hydrogen-bond acceptors (Lipinski definition) is 1. The van der Waals surface area contributed by atoms with Crippen molar-refractivity contribution in [2.45, 2.75) is 97.0 Å². The molecule has 0 amide bonds. The summed E-state index contributed by atoms with van der Waals surface area (Å²) in [7, 11) is 0. The Labute approximate surface area is 131 Å². The van der Waals surface area contributed by atoms with Crippen LogP contribution in [0.4, 0.5) is 0 Å². The maximum atomic E-state index is 10.8. The van der Waals surface area contributed by atoms with Gasteiger partial charge >= 0.3 is 0 Å². The fourth-order valence-electron chi connectivity index (χ4n) is 2.60. The Bertz CT molecular complexity index is 271. The molecule has 0 radical (unpaired) electrons. The second-order valence-corrected chi connectivity index (χ2v) is 7.11. The minimum atomic E-state index is -0.670. The minimum absolute atomic E-state index is 0.112. The van der Waals surface area contributed by atoms with Gasteiger partial charge in [0.2, 0.25) is 0 Å². The molecule has 0 aliphatic rings. The van der Waals surface area contributed by atoms with Gasteiger partial charge in [-0.3, -0.25) is 0 Å². The molecule has 0 aromatic heterocycles. The first-order valence-corrected chi connectivity index (χ1v) is 8.79. The van der Waals surface area contributed by atoms with Crippen LogP contribution in [0.2, 0.25) is 0 Å². The van der Waals surface area contributed by atoms with Crippen LogP contribution in [-0.2, 0) is 0 Å². The van der Waals surface area contributed by atoms with Crippen LogP contribution in [0.1, 0.15) is 86.0 Å². The van der Waals surface area contributed by atoms with Gasteiger partial charge in [-0.25, -0.2) is 0 Å². The SMILES string of the molecule is CCCCC(O)(CCC(C)CCC=C(C)C)C(Cl)CC. The van der Waals surface area contributed by atoms with Crippen molar-refractivity contribution >= 4 is 11.6 Å². The van der Waals surface area contributed by atoms with Crippen LogP contribution in [0, 0.1) is 5.92 Å². The predicted molar refractivity (Wildman–Crippen MR) is 91.5 cm³/mol. The highest BCUT2D eigenvalue weighted by Gasteiger charge is 2.33. The molecule has 0 heterocycles. The fraction of sp³-hybridized carbons (Fsp3) is 0.889. The average Bonchev–Trinajstić information content (AvgIpc) is 2.41. The molecule has 0 saturated heterocycles. The van der Waals surface area contributed by atoms with E-state index in [1.165, 1.54) is 12.0 Å². The largest absolute Gasteiger partial charge is 0.388 e. The van der Waals surface area contributed by atoms with Crippen LogP contribution < -0.4 is 0 Å². The minimum Gasteiger partial charge on any atom is -0.388 e. The van der Waals surface area contributed by atoms with Crippen molar-refractivity contribution in [2.24, 2.45) is 5.92 Å². The second-order valence-electron chi connectivity index (χ2n) is 6.59. The predicted octanol–water partition coefficient (Wildman–Crippen LogP) is 6.09. The second kappa shape index (κ2) is 10.7. The normalized spacial score (nSPS) is 17.4. The zero-order chi connectivity index (χ0) is 15.6. The Hall–Kier alpha value is -0.0100. The molecule has 1 N–H and O–H groups in total. The molecule has 0 bridgehead atoms. The molecule has 20 heavy (non-hydrogen) atoms. The van der Waals surface area contributed by atoms with Crippen molar-refractivity contribution in [1.29, 1.82) is 0 Å². The summed E-state index contributed by atoms with van der Waals surface area (Å²) in [4.78, 5) is 0. The molecular weight excluding hydrogens is 268 g/mol. The van der Waals surface area contributed by atoms with Crippen LogP contribution in [0.3, 0.4) is 0 Å². The van der Waals surface area contributed by atoms with E-state index >= 15 is 0 Å². The molecule has 3 unspecified atom stereocenters. The standard InChI is InChI=1S/C18H35ClO/c1-6-8-13-18(20,17(19)7-2)14-12-16(5)11-9-10-15(3)4/h10,16-17,20H,6-9,11-14H2,1-5H3. The van der Waals surface area contributed by atoms with Crippen molar-refractivity contribution in [1.82, 2.24) is 0 Å². The first-order chi connectivity index (χ1) is 9.35. The van der Waals surface area contributed by atoms with Crippen LogP contribution in [0.15, 0.2) is 11.6 Å². The highest BCUT2D eigenvalue weighted by atomic mass is 35.5. The lowest BCUT2D eigenvalue weighted by molar-refractivity contribution is 0.00999. The van der Waals surface area contributed by atoms with Gasteiger partial charge in [0.1, 0.15) is 0 Å². The molecule has 0 spiro atoms. The fourth-order valence-corrected chi connectivity index (χ4v) is 2.82. The number of unbranched alkanes of at least 4 members (excludes halogenated alkanes) is 1. The van der Waals surface area contributed by atoms with Gasteiger partial charge in [-0.1, -0.05) is 45.3 Å². The van der Waals surface area contributed by atoms with Crippen molar-refractivity contribution in [3.05, 3.63) is 11.6 Å². The molecule has 0 aliphatic heterocycles. The van der Waals surface area contributed by atoms with E-state index in [0.717, 1.165) is 44.9 Å². The smallest absolute Gasteiger partial charge is 0.0810 e. The van der Waals surface area contributed by atoms with E-state index in [0.29, 0.717) is 5.92 Å². The van der Waals surface area contributed by atoms with Crippen LogP contribution in [-0.4, -0.2) is 16.1 Å². The van der Waals surface area contributed by atoms with Gasteiger partial charge in [0.25, 0.3) is 0 Å². The Kier molecular flexibility index (Phi) is 10.7. The summed E-state index contributed by atoms with van der Waals surface area (Å²) < 4.78 is 0. The zero-order valence-corrected chi connectivity index (χ0v) is 15.0. The first kappa shape index (κ1) is 20.0. The highest BCUT2D eigenvalue weighted by Crippen LogP contribution is 2.32. The van der Waals surface area contributed by atoms with Gasteiger partial charge in [0, 0.05) is 0 Å². The summed E-state index contributed by atoms with van der Waals surface area (Å²) in [5.74, 6) is 0.652. The number of aliphatic hydroxyl groups is 1. The highest BCUT2D eigenvalue weighted by molar-refractivity contribution is 6.21. The van der Waals surface area contributed by atoms with Crippen LogP contribution >= 0.6 is 11.6 Å². The summed E-state index contributed by atoms with van der Waals surface area (Å²) in [6.45, 7) is 10.8. The summed E-state index contributed by atoms with van der Waals surface area (Å²) in [6, 6.07) is 0. The summed E-state index contributed by atoms with van der Waals surface area (Å²) >= 11 is 6.38. The van der Waals surface area contributed by atoms with E-state index in [1.807, 2.05) is 0 Å². The summed E-state index contributed by atoms with van der Waals surface area (Å²) in [5.41, 5.74) is 0.723. The molecule has 1 nitrogen and oxygen atoms in total. The summed E-state index contributed by atoms with van der Waals surface area (Å²) in [6.07, 6.45) is 10.4. The van der Waals surface area contributed by atoms with E-state index in [2.05, 4.69) is 40.7 Å². The molecular formula is C18H35ClO. The number of halogens is 1. The Morgan fingerprint density at radius 2 is 1.85 bits per heavy atom. The average molecular weight is 303 g/mol. The molecule has 120 valence electrons. The van der Waals surface area contributed by atoms with Gasteiger partial charge in [-0.2, -0.15) is 0 Å². The Morgan fingerprint density at radius 1 is 1.20 bits per heavy atom. The van der Waals surface area contributed by atoms with E-state index in [1.54, 1.807) is 0 Å². The van der Waals surface area contributed by atoms with Gasteiger partial charge < -0.3 is 5.11 Å². The van der Waals surface area contributed by atoms with E-state index in [4.69, 9.17) is 11.6 Å². The van der Waals surface area contributed by atoms with Gasteiger partial charge in [-0.05, 0) is 58.3 Å². The maximum absolute atomic E-state index is 10.8. The van der Waals surface area contributed by atoms with E-state index in [9.17, 15) is 5.11 Å². The monoisotopic (exact) mass is 302 g/mol. The van der Waals surface area contributed by atoms with Crippen LogP contribution in [0.5, 0.6) is 0 Å². The van der Waals surface area contributed by atoms with E-state index < -0.39 is 5.60 Å². The molecule has 2 heteroatoms. The molecule has 0 saturated carbocycles. The van der Waals surface area contributed by atoms with E-state index in [-0.39, 0.29) is 5.38 Å². The Balaban J connectivity index is 4.27. The molecule has 0 fully saturated rings. The zero-order valence-electron chi connectivity index (χ0n) is 14.2. The Morgan fingerprint density at radius 3 is 2.35 bits per heavy atom. The third-order valence-electron chi connectivity index (χ3n) is 4.19. The number of allylic oxidation sites excluding steroid dienone is 2.